The second-order valence-electron chi connectivity index (χ2n) is 18.5. The van der Waals surface area contributed by atoms with E-state index < -0.39 is 0 Å². The van der Waals surface area contributed by atoms with Gasteiger partial charge in [-0.2, -0.15) is 0 Å². The highest BCUT2D eigenvalue weighted by molar-refractivity contribution is 6.11. The number of aromatic nitrogens is 1. The first-order chi connectivity index (χ1) is 35.2. The van der Waals surface area contributed by atoms with E-state index in [0.29, 0.717) is 0 Å². The Morgan fingerprint density at radius 2 is 0.887 bits per heavy atom. The third-order valence-electron chi connectivity index (χ3n) is 14.4. The highest BCUT2D eigenvalue weighted by Crippen LogP contribution is 2.43. The zero-order valence-corrected chi connectivity index (χ0v) is 38.7. The van der Waals surface area contributed by atoms with E-state index in [4.69, 9.17) is 4.42 Å². The van der Waals surface area contributed by atoms with Gasteiger partial charge in [0.05, 0.1) is 11.0 Å². The van der Waals surface area contributed by atoms with Crippen LogP contribution in [0, 0.1) is 0 Å². The molecule has 71 heavy (non-hydrogen) atoms. The van der Waals surface area contributed by atoms with Crippen LogP contribution in [0.1, 0.15) is 0 Å². The molecule has 0 aliphatic carbocycles. The fourth-order valence-electron chi connectivity index (χ4n) is 11.0. The van der Waals surface area contributed by atoms with Gasteiger partial charge in [-0.05, 0) is 157 Å². The Morgan fingerprint density at radius 3 is 1.77 bits per heavy atom. The highest BCUT2D eigenvalue weighted by Gasteiger charge is 2.19. The largest absolute Gasteiger partial charge is 0.456 e. The van der Waals surface area contributed by atoms with Gasteiger partial charge >= 0.3 is 0 Å². The summed E-state index contributed by atoms with van der Waals surface area (Å²) in [4.78, 5) is 2.36. The second-order valence-corrected chi connectivity index (χ2v) is 18.5. The third kappa shape index (κ3) is 6.97. The maximum absolute atomic E-state index is 6.52. The number of benzene rings is 12. The molecule has 0 fully saturated rings. The molecular formula is C68H44N2O. The van der Waals surface area contributed by atoms with Gasteiger partial charge in [0.1, 0.15) is 11.2 Å². The molecular weight excluding hydrogens is 861 g/mol. The normalized spacial score (nSPS) is 11.7. The SMILES string of the molecule is c1ccc(N(c2cccc(-c3ccc(-c4ccc5c(c4)c4ccccc4n5-c4ccc(-c5cccc6ccccc56)cc4)cc3-c3ccc4c(c3)oc3ccccc34)c2)c2ccc3ccccc3c2)cc1. The van der Waals surface area contributed by atoms with Crippen molar-refractivity contribution in [2.75, 3.05) is 4.90 Å². The van der Waals surface area contributed by atoms with E-state index in [2.05, 4.69) is 270 Å². The van der Waals surface area contributed by atoms with Crippen molar-refractivity contribution in [2.24, 2.45) is 0 Å². The Balaban J connectivity index is 0.904. The molecule has 0 aliphatic heterocycles. The molecule has 0 unspecified atom stereocenters. The molecule has 0 atom stereocenters. The van der Waals surface area contributed by atoms with Crippen LogP contribution in [-0.4, -0.2) is 4.57 Å². The maximum Gasteiger partial charge on any atom is 0.136 e. The van der Waals surface area contributed by atoms with Crippen LogP contribution in [-0.2, 0) is 0 Å². The molecule has 14 rings (SSSR count). The summed E-state index contributed by atoms with van der Waals surface area (Å²) in [6.07, 6.45) is 0. The molecule has 0 N–H and O–H groups in total. The van der Waals surface area contributed by atoms with E-state index in [1.165, 1.54) is 54.5 Å². The van der Waals surface area contributed by atoms with Crippen molar-refractivity contribution in [1.29, 1.82) is 0 Å². The van der Waals surface area contributed by atoms with E-state index >= 15 is 0 Å². The van der Waals surface area contributed by atoms with Gasteiger partial charge in [0, 0.05) is 44.3 Å². The summed E-state index contributed by atoms with van der Waals surface area (Å²) in [5, 5.41) is 9.61. The minimum absolute atomic E-state index is 0.875. The molecule has 332 valence electrons. The Hall–Kier alpha value is -9.44. The number of hydrogen-bond donors (Lipinski definition) is 0. The van der Waals surface area contributed by atoms with Crippen LogP contribution in [0.4, 0.5) is 17.1 Å². The van der Waals surface area contributed by atoms with Gasteiger partial charge in [-0.3, -0.25) is 0 Å². The molecule has 2 aromatic heterocycles. The lowest BCUT2D eigenvalue weighted by Crippen LogP contribution is -2.09. The number of rotatable bonds is 8. The summed E-state index contributed by atoms with van der Waals surface area (Å²) in [7, 11) is 0. The maximum atomic E-state index is 6.52. The van der Waals surface area contributed by atoms with E-state index in [0.717, 1.165) is 78.1 Å². The van der Waals surface area contributed by atoms with E-state index in [-0.39, 0.29) is 0 Å². The predicted molar refractivity (Wildman–Crippen MR) is 299 cm³/mol. The summed E-state index contributed by atoms with van der Waals surface area (Å²) >= 11 is 0. The summed E-state index contributed by atoms with van der Waals surface area (Å²) in [5.74, 6) is 0. The van der Waals surface area contributed by atoms with Crippen molar-refractivity contribution >= 4 is 82.4 Å². The summed E-state index contributed by atoms with van der Waals surface area (Å²) in [6, 6.07) is 96.8. The summed E-state index contributed by atoms with van der Waals surface area (Å²) in [5.41, 5.74) is 17.8. The summed E-state index contributed by atoms with van der Waals surface area (Å²) in [6.45, 7) is 0. The number of fused-ring (bicyclic) bond motifs is 8. The second kappa shape index (κ2) is 16.7. The van der Waals surface area contributed by atoms with Crippen LogP contribution in [0.3, 0.4) is 0 Å². The molecule has 0 saturated carbocycles. The molecule has 3 nitrogen and oxygen atoms in total. The first-order valence-electron chi connectivity index (χ1n) is 24.3. The van der Waals surface area contributed by atoms with Crippen molar-refractivity contribution in [3.8, 4) is 50.2 Å². The van der Waals surface area contributed by atoms with Gasteiger partial charge in [-0.15, -0.1) is 0 Å². The van der Waals surface area contributed by atoms with Crippen LogP contribution >= 0.6 is 0 Å². The smallest absolute Gasteiger partial charge is 0.136 e. The fourth-order valence-corrected chi connectivity index (χ4v) is 11.0. The molecule has 0 amide bonds. The van der Waals surface area contributed by atoms with Gasteiger partial charge < -0.3 is 13.9 Å². The topological polar surface area (TPSA) is 21.3 Å². The highest BCUT2D eigenvalue weighted by atomic mass is 16.3. The number of anilines is 3. The Kier molecular flexibility index (Phi) is 9.53. The van der Waals surface area contributed by atoms with Crippen LogP contribution in [0.5, 0.6) is 0 Å². The lowest BCUT2D eigenvalue weighted by molar-refractivity contribution is 0.669. The fraction of sp³-hybridized carbons (Fsp3) is 0. The lowest BCUT2D eigenvalue weighted by atomic mass is 9.90. The first-order valence-corrected chi connectivity index (χ1v) is 24.3. The van der Waals surface area contributed by atoms with Crippen LogP contribution in [0.25, 0.3) is 115 Å². The van der Waals surface area contributed by atoms with Gasteiger partial charge in [0.15, 0.2) is 0 Å². The van der Waals surface area contributed by atoms with Crippen molar-refractivity contribution < 1.29 is 4.42 Å². The summed E-state index contributed by atoms with van der Waals surface area (Å²) < 4.78 is 8.92. The van der Waals surface area contributed by atoms with Gasteiger partial charge in [0.2, 0.25) is 0 Å². The van der Waals surface area contributed by atoms with Crippen LogP contribution < -0.4 is 4.90 Å². The van der Waals surface area contributed by atoms with Crippen molar-refractivity contribution in [2.45, 2.75) is 0 Å². The van der Waals surface area contributed by atoms with Crippen LogP contribution in [0.2, 0.25) is 0 Å². The monoisotopic (exact) mass is 904 g/mol. The molecule has 3 heteroatoms. The molecule has 0 saturated heterocycles. The lowest BCUT2D eigenvalue weighted by Gasteiger charge is -2.26. The van der Waals surface area contributed by atoms with Gasteiger partial charge in [-0.25, -0.2) is 0 Å². The molecule has 12 aromatic carbocycles. The molecule has 0 radical (unpaired) electrons. The van der Waals surface area contributed by atoms with E-state index in [1.54, 1.807) is 0 Å². The number of para-hydroxylation sites is 3. The predicted octanol–water partition coefficient (Wildman–Crippen LogP) is 19.1. The Labute approximate surface area is 411 Å². The minimum Gasteiger partial charge on any atom is -0.456 e. The quantitative estimate of drug-likeness (QED) is 0.151. The third-order valence-corrected chi connectivity index (χ3v) is 14.4. The average Bonchev–Trinajstić information content (AvgIpc) is 3.98. The van der Waals surface area contributed by atoms with Crippen LogP contribution in [0.15, 0.2) is 271 Å². The zero-order chi connectivity index (χ0) is 46.8. The zero-order valence-electron chi connectivity index (χ0n) is 38.7. The van der Waals surface area contributed by atoms with Crippen molar-refractivity contribution in [3.05, 3.63) is 267 Å². The Bertz CT molecular complexity index is 4340. The van der Waals surface area contributed by atoms with Gasteiger partial charge in [-0.1, -0.05) is 176 Å². The molecule has 0 bridgehead atoms. The minimum atomic E-state index is 0.875. The Morgan fingerprint density at radius 1 is 0.268 bits per heavy atom. The molecule has 2 heterocycles. The standard InChI is InChI=1S/C68H44N2O/c1-2-19-53(20-3-1)69(56-36-28-45-14-4-5-16-48(45)40-56)55-21-12-18-51(41-55)59-37-31-49(42-63(59)52-32-38-62-61-24-9-11-27-67(61)71-68(62)44-52)50-33-39-66-64(43-50)60-23-8-10-26-65(60)70(66)54-34-29-47(30-35-54)58-25-13-17-46-15-6-7-22-57(46)58/h1-44H. The molecule has 0 spiro atoms. The number of hydrogen-bond acceptors (Lipinski definition) is 2. The molecule has 14 aromatic rings. The number of nitrogens with zero attached hydrogens (tertiary/aromatic N) is 2. The van der Waals surface area contributed by atoms with Crippen molar-refractivity contribution in [1.82, 2.24) is 4.57 Å². The van der Waals surface area contributed by atoms with E-state index in [1.807, 2.05) is 6.07 Å². The first kappa shape index (κ1) is 40.6. The molecule has 0 aliphatic rings. The van der Waals surface area contributed by atoms with Crippen molar-refractivity contribution in [3.63, 3.8) is 0 Å². The van der Waals surface area contributed by atoms with Gasteiger partial charge in [0.25, 0.3) is 0 Å². The number of furan rings is 1. The average molecular weight is 905 g/mol. The van der Waals surface area contributed by atoms with E-state index in [9.17, 15) is 0 Å².